The molecule has 162 valence electrons. The van der Waals surface area contributed by atoms with Crippen LogP contribution < -0.4 is 4.74 Å². The Kier molecular flexibility index (Phi) is 5.99. The molecule has 0 fully saturated rings. The van der Waals surface area contributed by atoms with E-state index in [1.807, 2.05) is 36.4 Å². The summed E-state index contributed by atoms with van der Waals surface area (Å²) in [5, 5.41) is 1.26. The molecule has 0 amide bonds. The molecule has 0 saturated carbocycles. The molecule has 0 heterocycles. The molecule has 0 radical (unpaired) electrons. The predicted octanol–water partition coefficient (Wildman–Crippen LogP) is 8.33. The molecule has 0 unspecified atom stereocenters. The predicted molar refractivity (Wildman–Crippen MR) is 120 cm³/mol. The zero-order valence-electron chi connectivity index (χ0n) is 17.1. The van der Waals surface area contributed by atoms with Crippen LogP contribution in [0.25, 0.3) is 33.0 Å². The van der Waals surface area contributed by atoms with E-state index in [1.54, 1.807) is 24.3 Å². The normalized spacial score (nSPS) is 11.5. The van der Waals surface area contributed by atoms with Gasteiger partial charge >= 0.3 is 6.36 Å². The Hall–Kier alpha value is -3.60. The van der Waals surface area contributed by atoms with E-state index in [4.69, 9.17) is 0 Å². The number of ether oxygens (including phenoxy) is 1. The number of benzene rings is 4. The van der Waals surface area contributed by atoms with Crippen LogP contribution in [0.15, 0.2) is 91.5 Å². The minimum Gasteiger partial charge on any atom is -0.406 e. The Labute approximate surface area is 183 Å². The largest absolute Gasteiger partial charge is 0.573 e. The van der Waals surface area contributed by atoms with Gasteiger partial charge in [-0.1, -0.05) is 60.7 Å². The Bertz CT molecular complexity index is 1260. The molecule has 0 saturated heterocycles. The number of rotatable bonds is 6. The fourth-order valence-electron chi connectivity index (χ4n) is 3.65. The van der Waals surface area contributed by atoms with Crippen molar-refractivity contribution in [2.24, 2.45) is 0 Å². The minimum atomic E-state index is -4.75. The molecule has 0 spiro atoms. The van der Waals surface area contributed by atoms with E-state index in [2.05, 4.69) is 11.3 Å². The van der Waals surface area contributed by atoms with Crippen molar-refractivity contribution in [3.05, 3.63) is 103 Å². The first-order valence-electron chi connectivity index (χ1n) is 10.1. The molecule has 32 heavy (non-hydrogen) atoms. The third-order valence-corrected chi connectivity index (χ3v) is 5.25. The van der Waals surface area contributed by atoms with Gasteiger partial charge in [-0.05, 0) is 70.1 Å². The minimum absolute atomic E-state index is 0.288. The van der Waals surface area contributed by atoms with E-state index in [0.717, 1.165) is 24.0 Å². The number of allylic oxidation sites excluding steroid dienone is 1. The van der Waals surface area contributed by atoms with E-state index >= 15 is 0 Å². The number of alkyl halides is 3. The first kappa shape index (κ1) is 21.6. The molecular weight excluding hydrogens is 416 g/mol. The van der Waals surface area contributed by atoms with Gasteiger partial charge in [-0.25, -0.2) is 4.39 Å². The quantitative estimate of drug-likeness (QED) is 0.218. The first-order chi connectivity index (χ1) is 15.3. The Morgan fingerprint density at radius 1 is 0.750 bits per heavy atom. The molecule has 0 bridgehead atoms. The third kappa shape index (κ3) is 4.99. The van der Waals surface area contributed by atoms with Crippen molar-refractivity contribution < 1.29 is 22.3 Å². The standard InChI is InChI=1S/C27H20F4O/c1-2-3-4-18-5-7-19(8-6-18)22-12-14-25(26(28)17-22)23-10-9-21-16-24(32-27(29,30)31)13-11-20(21)15-23/h2,5-17H,1,3-4H2. The average molecular weight is 436 g/mol. The molecule has 0 atom stereocenters. The molecule has 4 aromatic carbocycles. The van der Waals surface area contributed by atoms with Crippen molar-refractivity contribution in [1.82, 2.24) is 0 Å². The zero-order valence-corrected chi connectivity index (χ0v) is 17.1. The number of hydrogen-bond acceptors (Lipinski definition) is 1. The highest BCUT2D eigenvalue weighted by Crippen LogP contribution is 2.32. The van der Waals surface area contributed by atoms with Crippen molar-refractivity contribution in [2.45, 2.75) is 19.2 Å². The molecule has 0 aliphatic heterocycles. The van der Waals surface area contributed by atoms with Crippen LogP contribution in [-0.4, -0.2) is 6.36 Å². The van der Waals surface area contributed by atoms with Gasteiger partial charge in [-0.15, -0.1) is 19.8 Å². The fourth-order valence-corrected chi connectivity index (χ4v) is 3.65. The highest BCUT2D eigenvalue weighted by molar-refractivity contribution is 5.88. The van der Waals surface area contributed by atoms with E-state index in [-0.39, 0.29) is 11.6 Å². The Balaban J connectivity index is 1.59. The molecular formula is C27H20F4O. The lowest BCUT2D eigenvalue weighted by molar-refractivity contribution is -0.274. The molecule has 4 aromatic rings. The van der Waals surface area contributed by atoms with Crippen LogP contribution in [-0.2, 0) is 6.42 Å². The summed E-state index contributed by atoms with van der Waals surface area (Å²) < 4.78 is 56.2. The maximum Gasteiger partial charge on any atom is 0.573 e. The smallest absolute Gasteiger partial charge is 0.406 e. The summed E-state index contributed by atoms with van der Waals surface area (Å²) in [5.74, 6) is -0.654. The molecule has 0 aliphatic rings. The highest BCUT2D eigenvalue weighted by Gasteiger charge is 2.31. The number of fused-ring (bicyclic) bond motifs is 1. The van der Waals surface area contributed by atoms with E-state index < -0.39 is 6.36 Å². The van der Waals surface area contributed by atoms with Crippen LogP contribution in [0.5, 0.6) is 5.75 Å². The summed E-state index contributed by atoms with van der Waals surface area (Å²) in [6.07, 6.45) is -1.04. The van der Waals surface area contributed by atoms with Gasteiger partial charge < -0.3 is 4.74 Å². The SMILES string of the molecule is C=CCCc1ccc(-c2ccc(-c3ccc4cc(OC(F)(F)F)ccc4c3)c(F)c2)cc1. The molecule has 5 heteroatoms. The number of halogens is 4. The summed E-state index contributed by atoms with van der Waals surface area (Å²) in [4.78, 5) is 0. The average Bonchev–Trinajstić information content (AvgIpc) is 2.76. The number of hydrogen-bond donors (Lipinski definition) is 0. The second-order valence-electron chi connectivity index (χ2n) is 7.49. The summed E-state index contributed by atoms with van der Waals surface area (Å²) in [6.45, 7) is 3.73. The Morgan fingerprint density at radius 2 is 1.41 bits per heavy atom. The molecule has 1 nitrogen and oxygen atoms in total. The van der Waals surface area contributed by atoms with Gasteiger partial charge in [0.15, 0.2) is 0 Å². The van der Waals surface area contributed by atoms with Crippen molar-refractivity contribution >= 4 is 10.8 Å². The van der Waals surface area contributed by atoms with Crippen molar-refractivity contribution in [3.8, 4) is 28.0 Å². The molecule has 0 N–H and O–H groups in total. The molecule has 0 aliphatic carbocycles. The van der Waals surface area contributed by atoms with Crippen LogP contribution in [0.2, 0.25) is 0 Å². The fraction of sp³-hybridized carbons (Fsp3) is 0.111. The van der Waals surface area contributed by atoms with Gasteiger partial charge in [-0.3, -0.25) is 0 Å². The second kappa shape index (κ2) is 8.87. The maximum atomic E-state index is 15.0. The van der Waals surface area contributed by atoms with Crippen molar-refractivity contribution in [2.75, 3.05) is 0 Å². The lowest BCUT2D eigenvalue weighted by Crippen LogP contribution is -2.16. The monoisotopic (exact) mass is 436 g/mol. The molecule has 0 aromatic heterocycles. The topological polar surface area (TPSA) is 9.23 Å². The third-order valence-electron chi connectivity index (χ3n) is 5.25. The van der Waals surface area contributed by atoms with Gasteiger partial charge in [-0.2, -0.15) is 0 Å². The van der Waals surface area contributed by atoms with Crippen molar-refractivity contribution in [3.63, 3.8) is 0 Å². The maximum absolute atomic E-state index is 15.0. The lowest BCUT2D eigenvalue weighted by atomic mass is 9.97. The van der Waals surface area contributed by atoms with Crippen molar-refractivity contribution in [1.29, 1.82) is 0 Å². The first-order valence-corrected chi connectivity index (χ1v) is 10.1. The van der Waals surface area contributed by atoms with Gasteiger partial charge in [0, 0.05) is 5.56 Å². The second-order valence-corrected chi connectivity index (χ2v) is 7.49. The summed E-state index contributed by atoms with van der Waals surface area (Å²) >= 11 is 0. The Morgan fingerprint density at radius 3 is 2.09 bits per heavy atom. The van der Waals surface area contributed by atoms with E-state index in [9.17, 15) is 17.6 Å². The summed E-state index contributed by atoms with van der Waals surface area (Å²) in [5.41, 5.74) is 3.97. The molecule has 4 rings (SSSR count). The van der Waals surface area contributed by atoms with Crippen LogP contribution in [0.1, 0.15) is 12.0 Å². The van der Waals surface area contributed by atoms with Gasteiger partial charge in [0.1, 0.15) is 11.6 Å². The van der Waals surface area contributed by atoms with E-state index in [0.29, 0.717) is 21.9 Å². The van der Waals surface area contributed by atoms with E-state index in [1.165, 1.54) is 29.8 Å². The van der Waals surface area contributed by atoms with Gasteiger partial charge in [0.25, 0.3) is 0 Å². The number of aryl methyl sites for hydroxylation is 1. The zero-order chi connectivity index (χ0) is 22.7. The van der Waals surface area contributed by atoms with Crippen LogP contribution in [0.3, 0.4) is 0 Å². The van der Waals surface area contributed by atoms with Gasteiger partial charge in [0.2, 0.25) is 0 Å². The van der Waals surface area contributed by atoms with Crippen LogP contribution in [0.4, 0.5) is 17.6 Å². The van der Waals surface area contributed by atoms with Crippen LogP contribution >= 0.6 is 0 Å². The van der Waals surface area contributed by atoms with Crippen LogP contribution in [0, 0.1) is 5.82 Å². The summed E-state index contributed by atoms with van der Waals surface area (Å²) in [6, 6.07) is 22.3. The van der Waals surface area contributed by atoms with Gasteiger partial charge in [0.05, 0.1) is 0 Å². The lowest BCUT2D eigenvalue weighted by Gasteiger charge is -2.11. The summed E-state index contributed by atoms with van der Waals surface area (Å²) in [7, 11) is 0. The highest BCUT2D eigenvalue weighted by atomic mass is 19.4.